The highest BCUT2D eigenvalue weighted by atomic mass is 16.6. The van der Waals surface area contributed by atoms with Gasteiger partial charge in [0, 0.05) is 18.5 Å². The second-order valence-corrected chi connectivity index (χ2v) is 9.38. The SMILES string of the molecule is COC1C(OC(=O)CNc2ccc(N)cc2)CCC2(CO2)C1C1(C)OC1CC=C(C)C. The average Bonchev–Trinajstić information content (AvgIpc) is 3.65. The van der Waals surface area contributed by atoms with Crippen LogP contribution in [-0.4, -0.2) is 55.7 Å². The zero-order valence-electron chi connectivity index (χ0n) is 18.9. The quantitative estimate of drug-likeness (QED) is 0.283. The summed E-state index contributed by atoms with van der Waals surface area (Å²) in [7, 11) is 1.68. The zero-order valence-corrected chi connectivity index (χ0v) is 18.9. The molecule has 0 bridgehead atoms. The molecule has 6 atom stereocenters. The molecule has 3 N–H and O–H groups in total. The van der Waals surface area contributed by atoms with Crippen molar-refractivity contribution in [1.29, 1.82) is 0 Å². The standard InChI is InChI=1S/C24H34N2O5/c1-15(2)5-10-19-23(3,31-19)22-21(28-4)18(11-12-24(22)14-29-24)30-20(27)13-26-17-8-6-16(25)7-9-17/h5-9,18-19,21-22,26H,10-14,25H2,1-4H3. The smallest absolute Gasteiger partial charge is 0.325 e. The Morgan fingerprint density at radius 2 is 2.03 bits per heavy atom. The number of methoxy groups -OCH3 is 1. The van der Waals surface area contributed by atoms with E-state index in [9.17, 15) is 4.79 Å². The maximum Gasteiger partial charge on any atom is 0.325 e. The van der Waals surface area contributed by atoms with Crippen molar-refractivity contribution in [3.8, 4) is 0 Å². The Labute approximate surface area is 184 Å². The lowest BCUT2D eigenvalue weighted by Crippen LogP contribution is -2.55. The second-order valence-electron chi connectivity index (χ2n) is 9.38. The fourth-order valence-electron chi connectivity index (χ4n) is 5.06. The summed E-state index contributed by atoms with van der Waals surface area (Å²) in [6.07, 6.45) is 4.19. The molecule has 2 aliphatic heterocycles. The Hall–Kier alpha value is -2.09. The maximum atomic E-state index is 12.6. The number of benzene rings is 1. The van der Waals surface area contributed by atoms with Gasteiger partial charge in [-0.25, -0.2) is 0 Å². The van der Waals surface area contributed by atoms with Crippen molar-refractivity contribution in [2.75, 3.05) is 31.3 Å². The summed E-state index contributed by atoms with van der Waals surface area (Å²) in [4.78, 5) is 12.6. The molecule has 7 nitrogen and oxygen atoms in total. The number of carbonyl (C=O) groups excluding carboxylic acids is 1. The molecule has 0 amide bonds. The number of allylic oxidation sites excluding steroid dienone is 1. The number of nitrogens with one attached hydrogen (secondary N) is 1. The molecular weight excluding hydrogens is 396 g/mol. The highest BCUT2D eigenvalue weighted by molar-refractivity contribution is 5.75. The molecule has 4 rings (SSSR count). The number of rotatable bonds is 8. The van der Waals surface area contributed by atoms with Crippen LogP contribution in [0.4, 0.5) is 11.4 Å². The third-order valence-electron chi connectivity index (χ3n) is 6.87. The molecule has 2 saturated heterocycles. The van der Waals surface area contributed by atoms with E-state index in [2.05, 4.69) is 32.2 Å². The maximum absolute atomic E-state index is 12.6. The van der Waals surface area contributed by atoms with Gasteiger partial charge in [0.1, 0.15) is 30.0 Å². The highest BCUT2D eigenvalue weighted by Gasteiger charge is 2.72. The average molecular weight is 431 g/mol. The van der Waals surface area contributed by atoms with E-state index in [1.54, 1.807) is 19.2 Å². The molecule has 3 aliphatic rings. The van der Waals surface area contributed by atoms with Crippen molar-refractivity contribution in [3.63, 3.8) is 0 Å². The predicted molar refractivity (Wildman–Crippen MR) is 119 cm³/mol. The molecule has 1 aromatic rings. The Morgan fingerprint density at radius 3 is 2.65 bits per heavy atom. The normalized spacial score (nSPS) is 36.0. The van der Waals surface area contributed by atoms with Gasteiger partial charge in [0.05, 0.1) is 18.6 Å². The Balaban J connectivity index is 1.40. The first kappa shape index (κ1) is 22.1. The summed E-state index contributed by atoms with van der Waals surface area (Å²) in [6.45, 7) is 7.13. The number of anilines is 2. The van der Waals surface area contributed by atoms with Crippen molar-refractivity contribution in [3.05, 3.63) is 35.9 Å². The van der Waals surface area contributed by atoms with Crippen LogP contribution in [0.3, 0.4) is 0 Å². The number of hydrogen-bond donors (Lipinski definition) is 2. The van der Waals surface area contributed by atoms with E-state index >= 15 is 0 Å². The van der Waals surface area contributed by atoms with Crippen molar-refractivity contribution >= 4 is 17.3 Å². The Kier molecular flexibility index (Phi) is 6.03. The van der Waals surface area contributed by atoms with Gasteiger partial charge in [-0.15, -0.1) is 0 Å². The van der Waals surface area contributed by atoms with Crippen molar-refractivity contribution < 1.29 is 23.7 Å². The summed E-state index contributed by atoms with van der Waals surface area (Å²) >= 11 is 0. The second kappa shape index (κ2) is 8.45. The third kappa shape index (κ3) is 4.59. The van der Waals surface area contributed by atoms with Gasteiger partial charge >= 0.3 is 5.97 Å². The van der Waals surface area contributed by atoms with E-state index in [0.717, 1.165) is 24.9 Å². The van der Waals surface area contributed by atoms with E-state index in [-0.39, 0.29) is 47.9 Å². The predicted octanol–water partition coefficient (Wildman–Crippen LogP) is 3.30. The van der Waals surface area contributed by atoms with Gasteiger partial charge in [0.15, 0.2) is 0 Å². The summed E-state index contributed by atoms with van der Waals surface area (Å²) in [5.41, 5.74) is 7.93. The lowest BCUT2D eigenvalue weighted by molar-refractivity contribution is -0.170. The van der Waals surface area contributed by atoms with Gasteiger partial charge in [-0.2, -0.15) is 0 Å². The van der Waals surface area contributed by atoms with Crippen LogP contribution in [0.5, 0.6) is 0 Å². The molecule has 2 heterocycles. The minimum absolute atomic E-state index is 0.0252. The number of epoxide rings is 2. The molecule has 31 heavy (non-hydrogen) atoms. The van der Waals surface area contributed by atoms with Crippen LogP contribution < -0.4 is 11.1 Å². The highest BCUT2D eigenvalue weighted by Crippen LogP contribution is 2.59. The van der Waals surface area contributed by atoms with Crippen LogP contribution in [0.2, 0.25) is 0 Å². The van der Waals surface area contributed by atoms with Crippen LogP contribution in [0, 0.1) is 5.92 Å². The van der Waals surface area contributed by atoms with Crippen LogP contribution in [0.1, 0.15) is 40.0 Å². The first-order chi connectivity index (χ1) is 14.8. The molecule has 0 radical (unpaired) electrons. The summed E-state index contributed by atoms with van der Waals surface area (Å²) in [6, 6.07) is 7.25. The van der Waals surface area contributed by atoms with Crippen molar-refractivity contribution in [1.82, 2.24) is 0 Å². The molecule has 7 heteroatoms. The van der Waals surface area contributed by atoms with E-state index < -0.39 is 0 Å². The molecule has 1 saturated carbocycles. The summed E-state index contributed by atoms with van der Waals surface area (Å²) in [5, 5.41) is 3.08. The molecule has 3 fully saturated rings. The largest absolute Gasteiger partial charge is 0.458 e. The van der Waals surface area contributed by atoms with Gasteiger partial charge in [0.2, 0.25) is 0 Å². The Bertz CT molecular complexity index is 831. The first-order valence-corrected chi connectivity index (χ1v) is 11.0. The Morgan fingerprint density at radius 1 is 1.32 bits per heavy atom. The summed E-state index contributed by atoms with van der Waals surface area (Å²) in [5.74, 6) is -0.282. The van der Waals surface area contributed by atoms with E-state index in [1.807, 2.05) is 12.1 Å². The fourth-order valence-corrected chi connectivity index (χ4v) is 5.06. The third-order valence-corrected chi connectivity index (χ3v) is 6.87. The van der Waals surface area contributed by atoms with Crippen LogP contribution in [-0.2, 0) is 23.7 Å². The fraction of sp³-hybridized carbons (Fsp3) is 0.625. The molecule has 1 aliphatic carbocycles. The van der Waals surface area contributed by atoms with Crippen LogP contribution in [0.15, 0.2) is 35.9 Å². The van der Waals surface area contributed by atoms with Gasteiger partial charge in [0.25, 0.3) is 0 Å². The number of nitrogens with two attached hydrogens (primary N) is 1. The molecular formula is C24H34N2O5. The molecule has 1 aromatic carbocycles. The summed E-state index contributed by atoms with van der Waals surface area (Å²) < 4.78 is 24.0. The number of ether oxygens (including phenoxy) is 4. The number of nitrogen functional groups attached to an aromatic ring is 1. The van der Waals surface area contributed by atoms with Crippen molar-refractivity contribution in [2.45, 2.75) is 69.5 Å². The lowest BCUT2D eigenvalue weighted by atomic mass is 9.68. The van der Waals surface area contributed by atoms with E-state index in [4.69, 9.17) is 24.7 Å². The van der Waals surface area contributed by atoms with Gasteiger partial charge < -0.3 is 30.0 Å². The monoisotopic (exact) mass is 430 g/mol. The van der Waals surface area contributed by atoms with Gasteiger partial charge in [-0.05, 0) is 64.3 Å². The van der Waals surface area contributed by atoms with Crippen molar-refractivity contribution in [2.24, 2.45) is 5.92 Å². The molecule has 6 unspecified atom stereocenters. The lowest BCUT2D eigenvalue weighted by Gasteiger charge is -2.42. The molecule has 1 spiro atoms. The number of carbonyl (C=O) groups is 1. The van der Waals surface area contributed by atoms with Crippen LogP contribution >= 0.6 is 0 Å². The van der Waals surface area contributed by atoms with Gasteiger partial charge in [-0.3, -0.25) is 4.79 Å². The minimum Gasteiger partial charge on any atom is -0.458 e. The van der Waals surface area contributed by atoms with Crippen LogP contribution in [0.25, 0.3) is 0 Å². The number of esters is 1. The topological polar surface area (TPSA) is 98.6 Å². The molecule has 170 valence electrons. The van der Waals surface area contributed by atoms with Gasteiger partial charge in [-0.1, -0.05) is 11.6 Å². The number of hydrogen-bond acceptors (Lipinski definition) is 7. The minimum atomic E-state index is -0.337. The first-order valence-electron chi connectivity index (χ1n) is 11.0. The van der Waals surface area contributed by atoms with E-state index in [1.165, 1.54) is 5.57 Å². The van der Waals surface area contributed by atoms with E-state index in [0.29, 0.717) is 12.3 Å². The zero-order chi connectivity index (χ0) is 22.2. The molecule has 0 aromatic heterocycles.